The van der Waals surface area contributed by atoms with E-state index in [0.29, 0.717) is 16.3 Å². The number of hydrogen-bond acceptors (Lipinski definition) is 4. The molecule has 0 saturated carbocycles. The van der Waals surface area contributed by atoms with E-state index in [1.54, 1.807) is 31.2 Å². The van der Waals surface area contributed by atoms with E-state index < -0.39 is 5.91 Å². The summed E-state index contributed by atoms with van der Waals surface area (Å²) in [6.45, 7) is 1.62. The Kier molecular flexibility index (Phi) is 4.24. The van der Waals surface area contributed by atoms with E-state index in [1.807, 2.05) is 30.3 Å². The molecule has 0 aliphatic rings. The standard InChI is InChI=1S/C19H16N2O3/c1-12-17(19(24)15-10-6-5-9-14(15)18(12)23)21-20-16(22)11-13-7-3-2-4-8-13/h2-10,23-24H,11H2,1H3. The quantitative estimate of drug-likeness (QED) is 0.554. The summed E-state index contributed by atoms with van der Waals surface area (Å²) in [6, 6.07) is 16.1. The number of carbonyl (C=O) groups excluding carboxylic acids is 1. The van der Waals surface area contributed by atoms with Crippen LogP contribution in [0.2, 0.25) is 0 Å². The predicted octanol–water partition coefficient (Wildman–Crippen LogP) is 4.41. The van der Waals surface area contributed by atoms with Crippen molar-refractivity contribution in [2.45, 2.75) is 13.3 Å². The average molecular weight is 320 g/mol. The number of carbonyl (C=O) groups is 1. The highest BCUT2D eigenvalue weighted by atomic mass is 16.3. The summed E-state index contributed by atoms with van der Waals surface area (Å²) in [5, 5.41) is 29.2. The second-order valence-electron chi connectivity index (χ2n) is 5.47. The molecule has 0 radical (unpaired) electrons. The van der Waals surface area contributed by atoms with Gasteiger partial charge < -0.3 is 10.2 Å². The zero-order chi connectivity index (χ0) is 17.1. The summed E-state index contributed by atoms with van der Waals surface area (Å²) in [6.07, 6.45) is 0.129. The Morgan fingerprint density at radius 2 is 1.50 bits per heavy atom. The topological polar surface area (TPSA) is 82.2 Å². The maximum Gasteiger partial charge on any atom is 0.269 e. The molecule has 5 heteroatoms. The van der Waals surface area contributed by atoms with Gasteiger partial charge in [0.05, 0.1) is 6.42 Å². The summed E-state index contributed by atoms with van der Waals surface area (Å²) in [5.74, 6) is -0.502. The lowest BCUT2D eigenvalue weighted by atomic mass is 10.0. The number of benzene rings is 3. The lowest BCUT2D eigenvalue weighted by molar-refractivity contribution is -0.117. The molecule has 0 unspecified atom stereocenters. The van der Waals surface area contributed by atoms with Crippen LogP contribution in [0.25, 0.3) is 10.8 Å². The molecular formula is C19H16N2O3. The number of amides is 1. The molecule has 3 rings (SSSR count). The zero-order valence-corrected chi connectivity index (χ0v) is 13.1. The van der Waals surface area contributed by atoms with Crippen molar-refractivity contribution < 1.29 is 15.0 Å². The summed E-state index contributed by atoms with van der Waals surface area (Å²) in [7, 11) is 0. The van der Waals surface area contributed by atoms with Crippen LogP contribution in [0.3, 0.4) is 0 Å². The number of nitrogens with zero attached hydrogens (tertiary/aromatic N) is 2. The number of fused-ring (bicyclic) bond motifs is 1. The van der Waals surface area contributed by atoms with E-state index in [1.165, 1.54) is 0 Å². The minimum Gasteiger partial charge on any atom is -0.507 e. The van der Waals surface area contributed by atoms with Crippen molar-refractivity contribution in [2.75, 3.05) is 0 Å². The average Bonchev–Trinajstić information content (AvgIpc) is 2.60. The molecule has 120 valence electrons. The Bertz CT molecular complexity index is 934. The first-order chi connectivity index (χ1) is 11.6. The van der Waals surface area contributed by atoms with E-state index in [0.717, 1.165) is 5.56 Å². The summed E-state index contributed by atoms with van der Waals surface area (Å²) >= 11 is 0. The first kappa shape index (κ1) is 15.7. The normalized spacial score (nSPS) is 11.2. The summed E-state index contributed by atoms with van der Waals surface area (Å²) in [5.41, 5.74) is 1.32. The fourth-order valence-corrected chi connectivity index (χ4v) is 2.55. The first-order valence-electron chi connectivity index (χ1n) is 7.49. The third-order valence-corrected chi connectivity index (χ3v) is 3.83. The molecule has 2 N–H and O–H groups in total. The van der Waals surface area contributed by atoms with Gasteiger partial charge in [-0.1, -0.05) is 54.6 Å². The van der Waals surface area contributed by atoms with Gasteiger partial charge in [0.1, 0.15) is 11.4 Å². The van der Waals surface area contributed by atoms with Gasteiger partial charge in [-0.3, -0.25) is 4.79 Å². The zero-order valence-electron chi connectivity index (χ0n) is 13.1. The van der Waals surface area contributed by atoms with Gasteiger partial charge in [0, 0.05) is 16.3 Å². The second-order valence-corrected chi connectivity index (χ2v) is 5.47. The lowest BCUT2D eigenvalue weighted by Crippen LogP contribution is -1.97. The van der Waals surface area contributed by atoms with Crippen LogP contribution in [0.1, 0.15) is 11.1 Å². The van der Waals surface area contributed by atoms with Crippen molar-refractivity contribution in [3.8, 4) is 11.5 Å². The van der Waals surface area contributed by atoms with Gasteiger partial charge in [0.2, 0.25) is 0 Å². The molecule has 5 nitrogen and oxygen atoms in total. The minimum atomic E-state index is -0.423. The molecule has 24 heavy (non-hydrogen) atoms. The minimum absolute atomic E-state index is 0.0212. The van der Waals surface area contributed by atoms with Crippen LogP contribution >= 0.6 is 0 Å². The van der Waals surface area contributed by atoms with Crippen LogP contribution in [0.5, 0.6) is 11.5 Å². The van der Waals surface area contributed by atoms with Crippen LogP contribution < -0.4 is 0 Å². The Morgan fingerprint density at radius 3 is 2.17 bits per heavy atom. The maximum atomic E-state index is 12.0. The molecule has 0 aromatic heterocycles. The molecule has 0 fully saturated rings. The lowest BCUT2D eigenvalue weighted by Gasteiger charge is -2.10. The van der Waals surface area contributed by atoms with Gasteiger partial charge in [-0.15, -0.1) is 10.2 Å². The molecule has 0 atom stereocenters. The van der Waals surface area contributed by atoms with Gasteiger partial charge in [0.15, 0.2) is 5.75 Å². The number of hydrogen-bond donors (Lipinski definition) is 2. The Hall–Kier alpha value is -3.21. The third-order valence-electron chi connectivity index (χ3n) is 3.83. The molecule has 3 aromatic carbocycles. The van der Waals surface area contributed by atoms with Crippen molar-refractivity contribution in [1.82, 2.24) is 0 Å². The van der Waals surface area contributed by atoms with E-state index in [4.69, 9.17) is 0 Å². The van der Waals surface area contributed by atoms with Gasteiger partial charge in [-0.25, -0.2) is 0 Å². The van der Waals surface area contributed by atoms with Gasteiger partial charge in [-0.05, 0) is 12.5 Å². The molecule has 0 aliphatic carbocycles. The molecule has 1 amide bonds. The number of phenols is 2. The second kappa shape index (κ2) is 6.50. The molecular weight excluding hydrogens is 304 g/mol. The van der Waals surface area contributed by atoms with E-state index in [2.05, 4.69) is 10.2 Å². The highest BCUT2D eigenvalue weighted by molar-refractivity contribution is 5.98. The Labute approximate surface area is 138 Å². The smallest absolute Gasteiger partial charge is 0.269 e. The van der Waals surface area contributed by atoms with Crippen LogP contribution in [0, 0.1) is 6.92 Å². The van der Waals surface area contributed by atoms with Crippen LogP contribution in [0.15, 0.2) is 64.8 Å². The van der Waals surface area contributed by atoms with E-state index in [-0.39, 0.29) is 23.6 Å². The fourth-order valence-electron chi connectivity index (χ4n) is 2.55. The number of rotatable bonds is 3. The predicted molar refractivity (Wildman–Crippen MR) is 91.7 cm³/mol. The SMILES string of the molecule is Cc1c(N=NC(=O)Cc2ccccc2)c(O)c2ccccc2c1O. The largest absolute Gasteiger partial charge is 0.507 e. The van der Waals surface area contributed by atoms with E-state index >= 15 is 0 Å². The molecule has 0 aliphatic heterocycles. The van der Waals surface area contributed by atoms with Gasteiger partial charge >= 0.3 is 0 Å². The molecule has 0 saturated heterocycles. The number of aromatic hydroxyl groups is 2. The highest BCUT2D eigenvalue weighted by Crippen LogP contribution is 2.44. The summed E-state index contributed by atoms with van der Waals surface area (Å²) < 4.78 is 0. The molecule has 0 spiro atoms. The Morgan fingerprint density at radius 1 is 0.917 bits per heavy atom. The van der Waals surface area contributed by atoms with Crippen LogP contribution in [0.4, 0.5) is 5.69 Å². The van der Waals surface area contributed by atoms with Gasteiger partial charge in [0.25, 0.3) is 5.91 Å². The Balaban J connectivity index is 1.94. The fraction of sp³-hybridized carbons (Fsp3) is 0.105. The number of azo groups is 1. The van der Waals surface area contributed by atoms with Gasteiger partial charge in [-0.2, -0.15) is 0 Å². The first-order valence-corrected chi connectivity index (χ1v) is 7.49. The summed E-state index contributed by atoms with van der Waals surface area (Å²) in [4.78, 5) is 12.0. The van der Waals surface area contributed by atoms with Crippen LogP contribution in [-0.4, -0.2) is 16.1 Å². The monoisotopic (exact) mass is 320 g/mol. The van der Waals surface area contributed by atoms with Crippen molar-refractivity contribution in [1.29, 1.82) is 0 Å². The van der Waals surface area contributed by atoms with Crippen molar-refractivity contribution in [3.05, 3.63) is 65.7 Å². The number of phenolic OH excluding ortho intramolecular Hbond substituents is 2. The highest BCUT2D eigenvalue weighted by Gasteiger charge is 2.16. The maximum absolute atomic E-state index is 12.0. The van der Waals surface area contributed by atoms with Crippen molar-refractivity contribution >= 4 is 22.4 Å². The van der Waals surface area contributed by atoms with Crippen LogP contribution in [-0.2, 0) is 11.2 Å². The van der Waals surface area contributed by atoms with E-state index in [9.17, 15) is 15.0 Å². The molecule has 3 aromatic rings. The van der Waals surface area contributed by atoms with Crippen molar-refractivity contribution in [3.63, 3.8) is 0 Å². The molecule has 0 heterocycles. The molecule has 0 bridgehead atoms. The third kappa shape index (κ3) is 2.96. The van der Waals surface area contributed by atoms with Crippen molar-refractivity contribution in [2.24, 2.45) is 10.2 Å².